The van der Waals surface area contributed by atoms with Gasteiger partial charge in [0.1, 0.15) is 23.9 Å². The van der Waals surface area contributed by atoms with E-state index in [0.29, 0.717) is 28.6 Å². The van der Waals surface area contributed by atoms with Crippen LogP contribution in [-0.4, -0.2) is 46.1 Å². The van der Waals surface area contributed by atoms with E-state index >= 15 is 0 Å². The average molecular weight is 560 g/mol. The molecule has 8 nitrogen and oxygen atoms in total. The molecule has 39 heavy (non-hydrogen) atoms. The van der Waals surface area contributed by atoms with Crippen molar-refractivity contribution in [1.82, 2.24) is 10.2 Å². The van der Waals surface area contributed by atoms with Crippen LogP contribution in [0.2, 0.25) is 5.02 Å². The number of alkyl carbamates (subject to hydrolysis) is 1. The summed E-state index contributed by atoms with van der Waals surface area (Å²) in [5.74, 6) is -0.736. The molecule has 0 saturated carbocycles. The third-order valence-corrected chi connectivity index (χ3v) is 6.58. The Morgan fingerprint density at radius 1 is 1.00 bits per heavy atom. The number of hydrogen-bond donors (Lipinski definition) is 3. The van der Waals surface area contributed by atoms with E-state index in [1.54, 1.807) is 58.0 Å². The SMILES string of the molecule is Cc1cccc(C(C(=O)Nc2c(C)cccc2Cl)N(C(=O)CNC(=O)OC(C)(C)C)C(C)CCC(C)C)c1O. The molecular weight excluding hydrogens is 518 g/mol. The molecule has 0 radical (unpaired) electrons. The number of nitrogens with one attached hydrogen (secondary N) is 2. The monoisotopic (exact) mass is 559 g/mol. The standard InChI is InChI=1S/C30H42ClN3O5/c1-18(2)15-16-21(5)34(24(35)17-32-29(38)39-30(6,7)8)26(22-13-9-12-20(4)27(22)36)28(37)33-25-19(3)11-10-14-23(25)31/h9-14,18,21,26,36H,15-17H2,1-8H3,(H,32,38)(H,33,37). The Morgan fingerprint density at radius 3 is 2.21 bits per heavy atom. The fourth-order valence-corrected chi connectivity index (χ4v) is 4.48. The van der Waals surface area contributed by atoms with Crippen molar-refractivity contribution in [3.8, 4) is 5.75 Å². The van der Waals surface area contributed by atoms with E-state index in [-0.39, 0.29) is 17.9 Å². The molecule has 2 atom stereocenters. The summed E-state index contributed by atoms with van der Waals surface area (Å²) in [7, 11) is 0. The van der Waals surface area contributed by atoms with E-state index < -0.39 is 35.6 Å². The quantitative estimate of drug-likeness (QED) is 0.307. The first-order valence-electron chi connectivity index (χ1n) is 13.2. The molecule has 2 rings (SSSR count). The van der Waals surface area contributed by atoms with Crippen molar-refractivity contribution >= 4 is 35.2 Å². The molecule has 0 fully saturated rings. The number of ether oxygens (including phenoxy) is 1. The van der Waals surface area contributed by atoms with Crippen molar-refractivity contribution in [2.24, 2.45) is 5.92 Å². The minimum Gasteiger partial charge on any atom is -0.507 e. The topological polar surface area (TPSA) is 108 Å². The van der Waals surface area contributed by atoms with Crippen LogP contribution in [0.3, 0.4) is 0 Å². The van der Waals surface area contributed by atoms with Crippen molar-refractivity contribution in [2.75, 3.05) is 11.9 Å². The Labute approximate surface area is 237 Å². The molecule has 3 N–H and O–H groups in total. The van der Waals surface area contributed by atoms with Gasteiger partial charge in [-0.2, -0.15) is 0 Å². The van der Waals surface area contributed by atoms with E-state index in [9.17, 15) is 19.5 Å². The van der Waals surface area contributed by atoms with Gasteiger partial charge < -0.3 is 25.4 Å². The molecule has 2 unspecified atom stereocenters. The Kier molecular flexibility index (Phi) is 11.2. The summed E-state index contributed by atoms with van der Waals surface area (Å²) in [5.41, 5.74) is 1.28. The molecule has 2 aromatic carbocycles. The number of aromatic hydroxyl groups is 1. The number of halogens is 1. The lowest BCUT2D eigenvalue weighted by atomic mass is 9.96. The highest BCUT2D eigenvalue weighted by atomic mass is 35.5. The normalized spacial score (nSPS) is 13.0. The van der Waals surface area contributed by atoms with E-state index in [0.717, 1.165) is 12.0 Å². The molecule has 0 aromatic heterocycles. The van der Waals surface area contributed by atoms with Crippen LogP contribution in [0, 0.1) is 19.8 Å². The minimum absolute atomic E-state index is 0.0810. The third kappa shape index (κ3) is 9.17. The van der Waals surface area contributed by atoms with Gasteiger partial charge in [-0.05, 0) is 77.5 Å². The fraction of sp³-hybridized carbons (Fsp3) is 0.500. The first kappa shape index (κ1) is 32.0. The molecule has 0 saturated heterocycles. The molecule has 0 aliphatic carbocycles. The van der Waals surface area contributed by atoms with Crippen LogP contribution in [0.5, 0.6) is 5.75 Å². The molecule has 0 spiro atoms. The number of phenolic OH excluding ortho intramolecular Hbond substituents is 1. The van der Waals surface area contributed by atoms with Crippen molar-refractivity contribution in [2.45, 2.75) is 85.9 Å². The Bertz CT molecular complexity index is 1160. The van der Waals surface area contributed by atoms with Crippen molar-refractivity contribution in [3.63, 3.8) is 0 Å². The number of rotatable bonds is 10. The minimum atomic E-state index is -1.20. The molecule has 214 valence electrons. The number of anilines is 1. The summed E-state index contributed by atoms with van der Waals surface area (Å²) in [4.78, 5) is 41.5. The lowest BCUT2D eigenvalue weighted by Crippen LogP contribution is -2.50. The summed E-state index contributed by atoms with van der Waals surface area (Å²) in [6, 6.07) is 8.75. The molecule has 0 bridgehead atoms. The highest BCUT2D eigenvalue weighted by molar-refractivity contribution is 6.34. The van der Waals surface area contributed by atoms with E-state index in [4.69, 9.17) is 16.3 Å². The van der Waals surface area contributed by atoms with E-state index in [2.05, 4.69) is 24.5 Å². The third-order valence-electron chi connectivity index (χ3n) is 6.27. The van der Waals surface area contributed by atoms with Crippen LogP contribution in [0.25, 0.3) is 0 Å². The molecule has 0 heterocycles. The lowest BCUT2D eigenvalue weighted by Gasteiger charge is -2.37. The van der Waals surface area contributed by atoms with Crippen LogP contribution in [0.4, 0.5) is 10.5 Å². The van der Waals surface area contributed by atoms with Crippen LogP contribution in [0.15, 0.2) is 36.4 Å². The Hall–Kier alpha value is -3.26. The second kappa shape index (κ2) is 13.7. The van der Waals surface area contributed by atoms with Gasteiger partial charge in [-0.3, -0.25) is 9.59 Å². The Morgan fingerprint density at radius 2 is 1.62 bits per heavy atom. The van der Waals surface area contributed by atoms with Gasteiger partial charge in [0.15, 0.2) is 0 Å². The van der Waals surface area contributed by atoms with Gasteiger partial charge in [-0.15, -0.1) is 0 Å². The summed E-state index contributed by atoms with van der Waals surface area (Å²) in [5, 5.41) is 16.8. The molecule has 9 heteroatoms. The molecular formula is C30H42ClN3O5. The maximum atomic E-state index is 14.0. The number of nitrogens with zero attached hydrogens (tertiary/aromatic N) is 1. The fourth-order valence-electron chi connectivity index (χ4n) is 4.21. The summed E-state index contributed by atoms with van der Waals surface area (Å²) in [6.45, 7) is 14.4. The smallest absolute Gasteiger partial charge is 0.408 e. The van der Waals surface area contributed by atoms with Crippen LogP contribution < -0.4 is 10.6 Å². The highest BCUT2D eigenvalue weighted by Crippen LogP contribution is 2.36. The number of amides is 3. The summed E-state index contributed by atoms with van der Waals surface area (Å²) in [6.07, 6.45) is 0.677. The van der Waals surface area contributed by atoms with Gasteiger partial charge in [-0.1, -0.05) is 55.8 Å². The number of carbonyl (C=O) groups excluding carboxylic acids is 3. The van der Waals surface area contributed by atoms with Gasteiger partial charge in [0.2, 0.25) is 5.91 Å². The summed E-state index contributed by atoms with van der Waals surface area (Å²) < 4.78 is 5.29. The zero-order chi connectivity index (χ0) is 29.5. The van der Waals surface area contributed by atoms with E-state index in [1.807, 2.05) is 19.9 Å². The van der Waals surface area contributed by atoms with Gasteiger partial charge in [0.25, 0.3) is 5.91 Å². The predicted molar refractivity (Wildman–Crippen MR) is 155 cm³/mol. The van der Waals surface area contributed by atoms with Crippen molar-refractivity contribution in [1.29, 1.82) is 0 Å². The zero-order valence-corrected chi connectivity index (χ0v) is 25.0. The van der Waals surface area contributed by atoms with Gasteiger partial charge >= 0.3 is 6.09 Å². The van der Waals surface area contributed by atoms with Gasteiger partial charge in [0, 0.05) is 11.6 Å². The van der Waals surface area contributed by atoms with Crippen molar-refractivity contribution < 1.29 is 24.2 Å². The number of carbonyl (C=O) groups is 3. The highest BCUT2D eigenvalue weighted by Gasteiger charge is 2.37. The maximum Gasteiger partial charge on any atom is 0.408 e. The first-order valence-corrected chi connectivity index (χ1v) is 13.6. The zero-order valence-electron chi connectivity index (χ0n) is 24.2. The van der Waals surface area contributed by atoms with E-state index in [1.165, 1.54) is 4.90 Å². The summed E-state index contributed by atoms with van der Waals surface area (Å²) >= 11 is 6.40. The lowest BCUT2D eigenvalue weighted by molar-refractivity contribution is -0.141. The van der Waals surface area contributed by atoms with Gasteiger partial charge in [0.05, 0.1) is 10.7 Å². The largest absolute Gasteiger partial charge is 0.507 e. The second-order valence-electron chi connectivity index (χ2n) is 11.3. The number of hydrogen-bond acceptors (Lipinski definition) is 5. The molecule has 3 amide bonds. The molecule has 0 aliphatic heterocycles. The van der Waals surface area contributed by atoms with Crippen LogP contribution in [-0.2, 0) is 14.3 Å². The van der Waals surface area contributed by atoms with Crippen LogP contribution in [0.1, 0.15) is 77.1 Å². The van der Waals surface area contributed by atoms with Gasteiger partial charge in [-0.25, -0.2) is 4.79 Å². The average Bonchev–Trinajstić information content (AvgIpc) is 2.82. The number of phenols is 1. The number of benzene rings is 2. The number of aryl methyl sites for hydroxylation is 2. The first-order chi connectivity index (χ1) is 18.1. The molecule has 2 aromatic rings. The molecule has 0 aliphatic rings. The van der Waals surface area contributed by atoms with Crippen molar-refractivity contribution in [3.05, 3.63) is 58.1 Å². The second-order valence-corrected chi connectivity index (χ2v) is 11.7. The van der Waals surface area contributed by atoms with Crippen LogP contribution >= 0.6 is 11.6 Å². The maximum absolute atomic E-state index is 14.0. The number of para-hydroxylation sites is 2. The predicted octanol–water partition coefficient (Wildman–Crippen LogP) is 6.52. The Balaban J connectivity index is 2.56.